The Morgan fingerprint density at radius 1 is 1.05 bits per heavy atom. The van der Waals surface area contributed by atoms with Crippen molar-refractivity contribution in [3.63, 3.8) is 0 Å². The largest absolute Gasteiger partial charge is 0.486 e. The van der Waals surface area contributed by atoms with Crippen molar-refractivity contribution in [3.05, 3.63) is 76.9 Å². The molecular weight excluding hydrogens is 500 g/mol. The zero-order chi connectivity index (χ0) is 26.2. The van der Waals surface area contributed by atoms with Crippen LogP contribution < -0.4 is 14.8 Å². The van der Waals surface area contributed by atoms with Crippen molar-refractivity contribution in [2.45, 2.75) is 38.8 Å². The SMILES string of the molecule is Cc1nc(NC2CCN(C(=O)c3ccccc3Cl)[C@H](C)C2)nc2ccc(-c3cccc4c3OCCO4)cc12. The van der Waals surface area contributed by atoms with Crippen LogP contribution in [0.1, 0.15) is 35.8 Å². The van der Waals surface area contributed by atoms with Gasteiger partial charge in [0, 0.05) is 29.6 Å². The maximum atomic E-state index is 13.1. The van der Waals surface area contributed by atoms with Crippen LogP contribution in [0, 0.1) is 6.92 Å². The first-order chi connectivity index (χ1) is 18.5. The van der Waals surface area contributed by atoms with E-state index in [1.165, 1.54) is 0 Å². The normalized spacial score (nSPS) is 18.9. The van der Waals surface area contributed by atoms with Crippen LogP contribution >= 0.6 is 11.6 Å². The fourth-order valence-corrected chi connectivity index (χ4v) is 5.61. The number of hydrogen-bond acceptors (Lipinski definition) is 6. The number of amides is 1. The van der Waals surface area contributed by atoms with Gasteiger partial charge in [-0.1, -0.05) is 41.9 Å². The molecule has 1 saturated heterocycles. The highest BCUT2D eigenvalue weighted by Gasteiger charge is 2.30. The molecule has 38 heavy (non-hydrogen) atoms. The Morgan fingerprint density at radius 3 is 2.74 bits per heavy atom. The van der Waals surface area contributed by atoms with Crippen molar-refractivity contribution in [3.8, 4) is 22.6 Å². The van der Waals surface area contributed by atoms with Crippen LogP contribution in [0.3, 0.4) is 0 Å². The first-order valence-electron chi connectivity index (χ1n) is 13.0. The smallest absolute Gasteiger partial charge is 0.255 e. The minimum Gasteiger partial charge on any atom is -0.486 e. The summed E-state index contributed by atoms with van der Waals surface area (Å²) < 4.78 is 11.7. The van der Waals surface area contributed by atoms with Gasteiger partial charge in [-0.25, -0.2) is 9.97 Å². The number of para-hydroxylation sites is 1. The van der Waals surface area contributed by atoms with E-state index in [-0.39, 0.29) is 18.0 Å². The lowest BCUT2D eigenvalue weighted by Crippen LogP contribution is -2.48. The molecule has 4 aromatic rings. The van der Waals surface area contributed by atoms with Gasteiger partial charge in [-0.2, -0.15) is 0 Å². The molecule has 1 N–H and O–H groups in total. The average molecular weight is 529 g/mol. The molecule has 8 heteroatoms. The Kier molecular flexibility index (Phi) is 6.54. The molecule has 1 amide bonds. The number of likely N-dealkylation sites (tertiary alicyclic amines) is 1. The maximum absolute atomic E-state index is 13.1. The zero-order valence-electron chi connectivity index (χ0n) is 21.4. The van der Waals surface area contributed by atoms with Gasteiger partial charge in [0.15, 0.2) is 11.5 Å². The van der Waals surface area contributed by atoms with E-state index >= 15 is 0 Å². The number of aryl methyl sites for hydroxylation is 1. The summed E-state index contributed by atoms with van der Waals surface area (Å²) >= 11 is 6.27. The lowest BCUT2D eigenvalue weighted by Gasteiger charge is -2.38. The second-order valence-corrected chi connectivity index (χ2v) is 10.3. The van der Waals surface area contributed by atoms with E-state index in [0.29, 0.717) is 36.3 Å². The van der Waals surface area contributed by atoms with E-state index in [0.717, 1.165) is 52.1 Å². The quantitative estimate of drug-likeness (QED) is 0.343. The van der Waals surface area contributed by atoms with Gasteiger partial charge < -0.3 is 19.7 Å². The predicted octanol–water partition coefficient (Wildman–Crippen LogP) is 6.14. The number of rotatable bonds is 4. The van der Waals surface area contributed by atoms with Crippen molar-refractivity contribution < 1.29 is 14.3 Å². The van der Waals surface area contributed by atoms with Gasteiger partial charge in [0.05, 0.1) is 21.8 Å². The van der Waals surface area contributed by atoms with Gasteiger partial charge in [-0.15, -0.1) is 0 Å². The molecule has 7 nitrogen and oxygen atoms in total. The number of piperidine rings is 1. The fraction of sp³-hybridized carbons (Fsp3) is 0.300. The summed E-state index contributed by atoms with van der Waals surface area (Å²) in [5.74, 6) is 2.14. The van der Waals surface area contributed by atoms with E-state index in [1.807, 2.05) is 48.2 Å². The summed E-state index contributed by atoms with van der Waals surface area (Å²) in [6.07, 6.45) is 1.61. The lowest BCUT2D eigenvalue weighted by atomic mass is 9.97. The van der Waals surface area contributed by atoms with Crippen LogP contribution in [0.2, 0.25) is 5.02 Å². The number of carbonyl (C=O) groups excluding carboxylic acids is 1. The van der Waals surface area contributed by atoms with Crippen LogP contribution in [0.4, 0.5) is 5.95 Å². The molecule has 3 heterocycles. The molecule has 0 bridgehead atoms. The molecule has 1 aromatic heterocycles. The van der Waals surface area contributed by atoms with Gasteiger partial charge in [0.1, 0.15) is 13.2 Å². The molecule has 2 aliphatic heterocycles. The van der Waals surface area contributed by atoms with Crippen molar-refractivity contribution in [2.75, 3.05) is 25.1 Å². The van der Waals surface area contributed by atoms with E-state index in [2.05, 4.69) is 24.4 Å². The molecule has 2 aliphatic rings. The standard InChI is InChI=1S/C30H29ClN4O3/c1-18-16-21(12-13-35(18)29(36)23-6-3-4-8-25(23)31)33-30-32-19(2)24-17-20(10-11-26(24)34-30)22-7-5-9-27-28(22)38-15-14-37-27/h3-11,17-18,21H,12-16H2,1-2H3,(H,32,33,34)/t18-,21?/m1/s1. The number of hydrogen-bond donors (Lipinski definition) is 1. The van der Waals surface area contributed by atoms with E-state index in [9.17, 15) is 4.79 Å². The molecular formula is C30H29ClN4O3. The van der Waals surface area contributed by atoms with Gasteiger partial charge in [0.25, 0.3) is 5.91 Å². The summed E-state index contributed by atoms with van der Waals surface area (Å²) in [6.45, 7) is 5.83. The summed E-state index contributed by atoms with van der Waals surface area (Å²) in [6, 6.07) is 19.6. The second kappa shape index (κ2) is 10.1. The Bertz CT molecular complexity index is 1530. The van der Waals surface area contributed by atoms with Crippen LogP contribution in [-0.4, -0.2) is 52.6 Å². The topological polar surface area (TPSA) is 76.6 Å². The number of carbonyl (C=O) groups is 1. The van der Waals surface area contributed by atoms with Gasteiger partial charge in [0.2, 0.25) is 5.95 Å². The third-order valence-electron chi connectivity index (χ3n) is 7.34. The highest BCUT2D eigenvalue weighted by molar-refractivity contribution is 6.33. The zero-order valence-corrected chi connectivity index (χ0v) is 22.2. The highest BCUT2D eigenvalue weighted by Crippen LogP contribution is 2.40. The number of benzene rings is 3. The molecule has 6 rings (SSSR count). The predicted molar refractivity (Wildman–Crippen MR) is 149 cm³/mol. The second-order valence-electron chi connectivity index (χ2n) is 9.89. The van der Waals surface area contributed by atoms with E-state index in [1.54, 1.807) is 12.1 Å². The van der Waals surface area contributed by atoms with Crippen molar-refractivity contribution in [1.82, 2.24) is 14.9 Å². The third-order valence-corrected chi connectivity index (χ3v) is 7.67. The number of halogens is 1. The Labute approximate surface area is 226 Å². The van der Waals surface area contributed by atoms with Gasteiger partial charge >= 0.3 is 0 Å². The molecule has 0 spiro atoms. The summed E-state index contributed by atoms with van der Waals surface area (Å²) in [4.78, 5) is 24.6. The lowest BCUT2D eigenvalue weighted by molar-refractivity contribution is 0.0625. The first kappa shape index (κ1) is 24.5. The Morgan fingerprint density at radius 2 is 1.89 bits per heavy atom. The number of aromatic nitrogens is 2. The van der Waals surface area contributed by atoms with Crippen molar-refractivity contribution >= 4 is 34.4 Å². The number of ether oxygens (including phenoxy) is 2. The average Bonchev–Trinajstić information content (AvgIpc) is 2.93. The fourth-order valence-electron chi connectivity index (χ4n) is 5.39. The van der Waals surface area contributed by atoms with Crippen LogP contribution in [0.5, 0.6) is 11.5 Å². The Balaban J connectivity index is 1.19. The Hall–Kier alpha value is -3.84. The summed E-state index contributed by atoms with van der Waals surface area (Å²) in [7, 11) is 0. The van der Waals surface area contributed by atoms with Gasteiger partial charge in [-0.05, 0) is 62.6 Å². The van der Waals surface area contributed by atoms with Crippen LogP contribution in [0.15, 0.2) is 60.7 Å². The number of anilines is 1. The molecule has 1 fully saturated rings. The minimum absolute atomic E-state index is 0.0215. The highest BCUT2D eigenvalue weighted by atomic mass is 35.5. The first-order valence-corrected chi connectivity index (χ1v) is 13.3. The third kappa shape index (κ3) is 4.63. The van der Waals surface area contributed by atoms with Crippen LogP contribution in [0.25, 0.3) is 22.0 Å². The molecule has 3 aromatic carbocycles. The van der Waals surface area contributed by atoms with Gasteiger partial charge in [-0.3, -0.25) is 4.79 Å². The molecule has 2 atom stereocenters. The molecule has 0 saturated carbocycles. The minimum atomic E-state index is -0.0215. The molecule has 1 unspecified atom stereocenters. The maximum Gasteiger partial charge on any atom is 0.255 e. The molecule has 0 aliphatic carbocycles. The molecule has 194 valence electrons. The number of fused-ring (bicyclic) bond motifs is 2. The van der Waals surface area contributed by atoms with Crippen molar-refractivity contribution in [2.24, 2.45) is 0 Å². The van der Waals surface area contributed by atoms with E-state index < -0.39 is 0 Å². The molecule has 0 radical (unpaired) electrons. The summed E-state index contributed by atoms with van der Waals surface area (Å²) in [5.41, 5.74) is 4.37. The monoisotopic (exact) mass is 528 g/mol. The summed E-state index contributed by atoms with van der Waals surface area (Å²) in [5, 5.41) is 5.00. The van der Waals surface area contributed by atoms with Crippen LogP contribution in [-0.2, 0) is 0 Å². The number of nitrogens with zero attached hydrogens (tertiary/aromatic N) is 3. The van der Waals surface area contributed by atoms with Crippen molar-refractivity contribution in [1.29, 1.82) is 0 Å². The van der Waals surface area contributed by atoms with E-state index in [4.69, 9.17) is 31.0 Å². The number of nitrogens with one attached hydrogen (secondary N) is 1.